The maximum atomic E-state index is 13.1. The van der Waals surface area contributed by atoms with Crippen molar-refractivity contribution in [2.45, 2.75) is 329 Å². The van der Waals surface area contributed by atoms with E-state index in [-0.39, 0.29) is 25.7 Å². The van der Waals surface area contributed by atoms with Gasteiger partial charge in [0.25, 0.3) is 0 Å². The summed E-state index contributed by atoms with van der Waals surface area (Å²) in [6.07, 6.45) is 90.8. The van der Waals surface area contributed by atoms with E-state index in [1.807, 2.05) is 0 Å². The molecule has 604 valence electrons. The first-order valence-electron chi connectivity index (χ1n) is 40.7. The lowest BCUT2D eigenvalue weighted by atomic mass is 10.0. The number of aliphatic hydroxyl groups is 1. The van der Waals surface area contributed by atoms with Crippen molar-refractivity contribution < 1.29 is 80.2 Å². The molecule has 0 aromatic heterocycles. The fourth-order valence-corrected chi connectivity index (χ4v) is 12.0. The number of allylic oxidation sites excluding steroid dienone is 26. The standard InChI is InChI=1S/C87H144O17P2/c1-5-9-13-17-21-25-29-33-36-38-40-42-45-48-51-55-59-63-67-71-84(89)97-77-82(103-86(91)73-69-65-61-57-53-47-32-28-24-20-16-12-8-4)79-101-105(93,94)99-75-81(88)76-100-106(95,96)102-80-83(104-87(92)74-70-66-62-58-54-50-44-35-31-27-23-19-15-11-7-3)78-98-85(90)72-68-64-60-56-52-49-46-43-41-39-37-34-30-26-22-18-14-10-6-2/h9-11,13-15,21-23,25-27,33-37,40-44,49,52,54,58,81-83,88H,5-8,12,16-20,24,28-32,38-39,45-48,50-51,53,55-57,59-80H2,1-4H3,(H,93,94)(H,95,96)/b13-9-,14-10-,15-11-,25-21-,26-22-,27-23-,36-33-,37-34-,42-40-,43-41-,44-35-,52-49-,58-54-. The van der Waals surface area contributed by atoms with Crippen molar-refractivity contribution in [2.75, 3.05) is 39.6 Å². The Kier molecular flexibility index (Phi) is 73.9. The van der Waals surface area contributed by atoms with Gasteiger partial charge in [0.2, 0.25) is 0 Å². The summed E-state index contributed by atoms with van der Waals surface area (Å²) >= 11 is 0. The van der Waals surface area contributed by atoms with Gasteiger partial charge in [0.1, 0.15) is 19.3 Å². The Morgan fingerprint density at radius 2 is 0.491 bits per heavy atom. The summed E-state index contributed by atoms with van der Waals surface area (Å²) in [4.78, 5) is 73.1. The normalized spacial score (nSPS) is 14.7. The van der Waals surface area contributed by atoms with Crippen molar-refractivity contribution in [3.05, 3.63) is 158 Å². The second-order valence-electron chi connectivity index (χ2n) is 26.6. The number of rotatable bonds is 75. The van der Waals surface area contributed by atoms with Gasteiger partial charge >= 0.3 is 39.5 Å². The second kappa shape index (κ2) is 77.8. The molecular weight excluding hydrogens is 1380 g/mol. The van der Waals surface area contributed by atoms with Crippen LogP contribution in [-0.4, -0.2) is 96.7 Å². The number of unbranched alkanes of at least 4 members (excludes halogenated alkanes) is 23. The topological polar surface area (TPSA) is 237 Å². The highest BCUT2D eigenvalue weighted by Gasteiger charge is 2.30. The van der Waals surface area contributed by atoms with Crippen LogP contribution in [0.3, 0.4) is 0 Å². The smallest absolute Gasteiger partial charge is 0.462 e. The first-order valence-corrected chi connectivity index (χ1v) is 43.7. The molecule has 3 N–H and O–H groups in total. The van der Waals surface area contributed by atoms with Crippen LogP contribution in [0.4, 0.5) is 0 Å². The Morgan fingerprint density at radius 1 is 0.274 bits per heavy atom. The predicted molar refractivity (Wildman–Crippen MR) is 436 cm³/mol. The van der Waals surface area contributed by atoms with Crippen molar-refractivity contribution in [2.24, 2.45) is 0 Å². The number of phosphoric ester groups is 2. The van der Waals surface area contributed by atoms with E-state index in [1.54, 1.807) is 0 Å². The quantitative estimate of drug-likeness (QED) is 0.0169. The summed E-state index contributed by atoms with van der Waals surface area (Å²) in [5, 5.41) is 10.6. The minimum Gasteiger partial charge on any atom is -0.462 e. The summed E-state index contributed by atoms with van der Waals surface area (Å²) in [5.41, 5.74) is 0. The average Bonchev–Trinajstić information content (AvgIpc) is 0.933. The van der Waals surface area contributed by atoms with Crippen molar-refractivity contribution in [3.63, 3.8) is 0 Å². The molecule has 0 saturated carbocycles. The second-order valence-corrected chi connectivity index (χ2v) is 29.5. The van der Waals surface area contributed by atoms with Crippen LogP contribution < -0.4 is 0 Å². The molecule has 17 nitrogen and oxygen atoms in total. The summed E-state index contributed by atoms with van der Waals surface area (Å²) in [6, 6.07) is 0. The summed E-state index contributed by atoms with van der Waals surface area (Å²) < 4.78 is 68.6. The van der Waals surface area contributed by atoms with Gasteiger partial charge in [0.05, 0.1) is 26.4 Å². The van der Waals surface area contributed by atoms with Gasteiger partial charge in [0.15, 0.2) is 12.2 Å². The van der Waals surface area contributed by atoms with Crippen molar-refractivity contribution >= 4 is 39.5 Å². The van der Waals surface area contributed by atoms with Crippen LogP contribution in [0.25, 0.3) is 0 Å². The molecule has 0 aliphatic rings. The third-order valence-corrected chi connectivity index (χ3v) is 18.4. The number of carbonyl (C=O) groups is 4. The van der Waals surface area contributed by atoms with Crippen LogP contribution in [-0.2, 0) is 65.4 Å². The first kappa shape index (κ1) is 101. The molecular formula is C87H144O17P2. The summed E-state index contributed by atoms with van der Waals surface area (Å²) in [6.45, 7) is 4.44. The van der Waals surface area contributed by atoms with Crippen LogP contribution in [0.2, 0.25) is 0 Å². The molecule has 0 spiro atoms. The Hall–Kier alpha value is -5.32. The zero-order chi connectivity index (χ0) is 77.4. The molecule has 0 heterocycles. The van der Waals surface area contributed by atoms with E-state index < -0.39 is 97.5 Å². The lowest BCUT2D eigenvalue weighted by molar-refractivity contribution is -0.161. The minimum absolute atomic E-state index is 0.0302. The molecule has 5 unspecified atom stereocenters. The monoisotopic (exact) mass is 1520 g/mol. The van der Waals surface area contributed by atoms with Gasteiger partial charge in [-0.1, -0.05) is 295 Å². The fraction of sp³-hybridized carbons (Fsp3) is 0.655. The Bertz CT molecular complexity index is 2630. The van der Waals surface area contributed by atoms with E-state index in [9.17, 15) is 43.2 Å². The van der Waals surface area contributed by atoms with E-state index in [1.165, 1.54) is 51.4 Å². The molecule has 0 aliphatic heterocycles. The summed E-state index contributed by atoms with van der Waals surface area (Å²) in [5.74, 6) is -2.28. The van der Waals surface area contributed by atoms with Crippen molar-refractivity contribution in [3.8, 4) is 0 Å². The van der Waals surface area contributed by atoms with Gasteiger partial charge in [-0.15, -0.1) is 0 Å². The van der Waals surface area contributed by atoms with E-state index in [0.29, 0.717) is 32.1 Å². The lowest BCUT2D eigenvalue weighted by Crippen LogP contribution is -2.30. The molecule has 19 heteroatoms. The molecule has 0 bridgehead atoms. The van der Waals surface area contributed by atoms with Crippen LogP contribution in [0, 0.1) is 0 Å². The molecule has 0 aliphatic carbocycles. The van der Waals surface area contributed by atoms with E-state index in [4.69, 9.17) is 37.0 Å². The molecule has 0 aromatic carbocycles. The van der Waals surface area contributed by atoms with Crippen LogP contribution in [0.1, 0.15) is 310 Å². The lowest BCUT2D eigenvalue weighted by Gasteiger charge is -2.21. The van der Waals surface area contributed by atoms with Gasteiger partial charge < -0.3 is 33.8 Å². The highest BCUT2D eigenvalue weighted by molar-refractivity contribution is 7.47. The van der Waals surface area contributed by atoms with E-state index in [2.05, 4.69) is 186 Å². The number of hydrogen-bond donors (Lipinski definition) is 3. The maximum Gasteiger partial charge on any atom is 0.472 e. The number of carbonyl (C=O) groups excluding carboxylic acids is 4. The van der Waals surface area contributed by atoms with Crippen LogP contribution >= 0.6 is 15.6 Å². The highest BCUT2D eigenvalue weighted by atomic mass is 31.2. The minimum atomic E-state index is -5.00. The van der Waals surface area contributed by atoms with Gasteiger partial charge in [-0.05, 0) is 148 Å². The number of esters is 4. The summed E-state index contributed by atoms with van der Waals surface area (Å²) in [7, 11) is -9.99. The van der Waals surface area contributed by atoms with Crippen molar-refractivity contribution in [1.29, 1.82) is 0 Å². The molecule has 0 saturated heterocycles. The van der Waals surface area contributed by atoms with Crippen LogP contribution in [0.15, 0.2) is 158 Å². The molecule has 0 aromatic rings. The van der Waals surface area contributed by atoms with Crippen LogP contribution in [0.5, 0.6) is 0 Å². The Labute approximate surface area is 642 Å². The fourth-order valence-electron chi connectivity index (χ4n) is 10.4. The molecule has 0 fully saturated rings. The molecule has 0 rings (SSSR count). The third-order valence-electron chi connectivity index (χ3n) is 16.5. The SMILES string of the molecule is CC/C=C\C/C=C\C/C=C\C/C=C\C/C=C\CCCCCC(=O)OCC(COP(=O)(O)OCC(O)COP(=O)(O)OCC(COC(=O)CCCCCCCC/C=C\C/C=C\C/C=C\C/C=C\CC)OC(=O)CCCCCCCCCCCCCCC)OC(=O)CCCC/C=C\C/C=C\C/C=C\C/C=C\CC. The van der Waals surface area contributed by atoms with Gasteiger partial charge in [-0.2, -0.15) is 0 Å². The zero-order valence-electron chi connectivity index (χ0n) is 66.1. The Balaban J connectivity index is 5.42. The average molecular weight is 1520 g/mol. The number of aliphatic hydroxyl groups excluding tert-OH is 1. The number of ether oxygens (including phenoxy) is 4. The van der Waals surface area contributed by atoms with Gasteiger partial charge in [-0.3, -0.25) is 37.3 Å². The molecule has 0 amide bonds. The maximum absolute atomic E-state index is 13.1. The molecule has 106 heavy (non-hydrogen) atoms. The highest BCUT2D eigenvalue weighted by Crippen LogP contribution is 2.45. The predicted octanol–water partition coefficient (Wildman–Crippen LogP) is 24.0. The van der Waals surface area contributed by atoms with Crippen molar-refractivity contribution in [1.82, 2.24) is 0 Å². The molecule has 5 atom stereocenters. The van der Waals surface area contributed by atoms with Gasteiger partial charge in [0, 0.05) is 25.7 Å². The number of phosphoric acid groups is 2. The Morgan fingerprint density at radius 3 is 0.783 bits per heavy atom. The number of hydrogen-bond acceptors (Lipinski definition) is 15. The largest absolute Gasteiger partial charge is 0.472 e. The zero-order valence-corrected chi connectivity index (χ0v) is 67.8. The third kappa shape index (κ3) is 76.9. The van der Waals surface area contributed by atoms with E-state index in [0.717, 1.165) is 173 Å². The molecule has 0 radical (unpaired) electrons. The first-order chi connectivity index (χ1) is 51.7. The van der Waals surface area contributed by atoms with Gasteiger partial charge in [-0.25, -0.2) is 9.13 Å². The van der Waals surface area contributed by atoms with E-state index >= 15 is 0 Å².